The van der Waals surface area contributed by atoms with Crippen molar-refractivity contribution in [3.05, 3.63) is 0 Å². The first kappa shape index (κ1) is 10.4. The lowest BCUT2D eigenvalue weighted by Crippen LogP contribution is -2.44. The topological polar surface area (TPSA) is 65.4 Å². The molecule has 2 N–H and O–H groups in total. The fraction of sp³-hybridized carbons (Fsp3) is 0.800. The summed E-state index contributed by atoms with van der Waals surface area (Å²) in [5, 5.41) is 10.4. The summed E-state index contributed by atoms with van der Waals surface area (Å²) in [4.78, 5) is 13.4. The van der Waals surface area contributed by atoms with Crippen LogP contribution in [0.15, 0.2) is 0 Å². The Morgan fingerprint density at radius 3 is 2.87 bits per heavy atom. The van der Waals surface area contributed by atoms with Crippen molar-refractivity contribution in [2.24, 2.45) is 5.92 Å². The van der Waals surface area contributed by atoms with Gasteiger partial charge in [0.05, 0.1) is 12.6 Å². The molecule has 2 saturated heterocycles. The Hall–Kier alpha value is -1.10. The van der Waals surface area contributed by atoms with Crippen LogP contribution in [0.2, 0.25) is 0 Å². The zero-order valence-electron chi connectivity index (χ0n) is 9.12. The molecule has 0 spiro atoms. The van der Waals surface area contributed by atoms with Gasteiger partial charge >= 0.3 is 6.03 Å². The number of hydrogen-bond acceptors (Lipinski definition) is 3. The molecule has 0 aromatic heterocycles. The van der Waals surface area contributed by atoms with Crippen LogP contribution in [0.1, 0.15) is 20.3 Å². The minimum atomic E-state index is -0.146. The molecular weight excluding hydrogens is 194 g/mol. The first-order valence-electron chi connectivity index (χ1n) is 5.36. The van der Waals surface area contributed by atoms with Gasteiger partial charge in [0.1, 0.15) is 5.84 Å². The summed E-state index contributed by atoms with van der Waals surface area (Å²) in [6.45, 7) is 5.35. The average molecular weight is 211 g/mol. The number of hydrogen-bond donors (Lipinski definition) is 2. The summed E-state index contributed by atoms with van der Waals surface area (Å²) in [5.74, 6) is 0.600. The summed E-state index contributed by atoms with van der Waals surface area (Å²) in [6, 6.07) is -0.134. The number of urea groups is 1. The number of amides is 2. The molecule has 0 bridgehead atoms. The van der Waals surface area contributed by atoms with Crippen molar-refractivity contribution in [1.82, 2.24) is 10.2 Å². The zero-order valence-corrected chi connectivity index (χ0v) is 9.12. The van der Waals surface area contributed by atoms with Crippen LogP contribution in [-0.4, -0.2) is 42.1 Å². The lowest BCUT2D eigenvalue weighted by Gasteiger charge is -2.29. The molecule has 2 aliphatic rings. The van der Waals surface area contributed by atoms with E-state index in [0.29, 0.717) is 12.4 Å². The first-order chi connectivity index (χ1) is 7.11. The van der Waals surface area contributed by atoms with Crippen LogP contribution in [-0.2, 0) is 4.74 Å². The van der Waals surface area contributed by atoms with Gasteiger partial charge in [0.2, 0.25) is 0 Å². The van der Waals surface area contributed by atoms with Crippen molar-refractivity contribution in [3.63, 3.8) is 0 Å². The third-order valence-electron chi connectivity index (χ3n) is 3.04. The van der Waals surface area contributed by atoms with Gasteiger partial charge in [0, 0.05) is 18.6 Å². The Morgan fingerprint density at radius 1 is 1.60 bits per heavy atom. The van der Waals surface area contributed by atoms with E-state index in [9.17, 15) is 4.79 Å². The van der Waals surface area contributed by atoms with Crippen molar-refractivity contribution in [3.8, 4) is 0 Å². The van der Waals surface area contributed by atoms with Gasteiger partial charge in [-0.3, -0.25) is 10.7 Å². The molecule has 84 valence electrons. The van der Waals surface area contributed by atoms with Gasteiger partial charge in [-0.05, 0) is 20.3 Å². The minimum absolute atomic E-state index is 0.111. The molecular formula is C10H17N3O2. The third kappa shape index (κ3) is 1.71. The predicted octanol–water partition coefficient (Wildman–Crippen LogP) is 0.802. The van der Waals surface area contributed by atoms with E-state index >= 15 is 0 Å². The van der Waals surface area contributed by atoms with E-state index in [1.54, 1.807) is 4.90 Å². The van der Waals surface area contributed by atoms with E-state index in [1.165, 1.54) is 0 Å². The smallest absolute Gasteiger partial charge is 0.323 e. The van der Waals surface area contributed by atoms with E-state index in [1.807, 2.05) is 13.8 Å². The summed E-state index contributed by atoms with van der Waals surface area (Å²) in [5.41, 5.74) is 0. The molecule has 5 heteroatoms. The Kier molecular flexibility index (Phi) is 2.65. The molecule has 0 aromatic rings. The molecule has 2 fully saturated rings. The number of ether oxygens (including phenoxy) is 1. The van der Waals surface area contributed by atoms with Gasteiger partial charge in [-0.15, -0.1) is 0 Å². The molecule has 0 aliphatic carbocycles. The Morgan fingerprint density at radius 2 is 2.33 bits per heavy atom. The molecule has 2 unspecified atom stereocenters. The van der Waals surface area contributed by atoms with Crippen LogP contribution in [0.4, 0.5) is 4.79 Å². The maximum atomic E-state index is 11.6. The fourth-order valence-corrected chi connectivity index (χ4v) is 2.34. The Bertz CT molecular complexity index is 284. The van der Waals surface area contributed by atoms with Crippen molar-refractivity contribution < 1.29 is 9.53 Å². The van der Waals surface area contributed by atoms with E-state index < -0.39 is 0 Å². The Labute approximate surface area is 89.3 Å². The molecule has 2 aliphatic heterocycles. The van der Waals surface area contributed by atoms with Crippen molar-refractivity contribution in [2.45, 2.75) is 32.4 Å². The number of carbonyl (C=O) groups is 1. The van der Waals surface area contributed by atoms with E-state index in [4.69, 9.17) is 10.1 Å². The molecule has 5 nitrogen and oxygen atoms in total. The maximum Gasteiger partial charge on any atom is 0.323 e. The molecule has 0 aromatic carbocycles. The van der Waals surface area contributed by atoms with Gasteiger partial charge in [0.15, 0.2) is 0 Å². The van der Waals surface area contributed by atoms with Crippen molar-refractivity contribution in [1.29, 1.82) is 5.41 Å². The molecule has 2 heterocycles. The van der Waals surface area contributed by atoms with Crippen molar-refractivity contribution >= 4 is 11.9 Å². The molecule has 0 saturated carbocycles. The summed E-state index contributed by atoms with van der Waals surface area (Å²) >= 11 is 0. The molecule has 2 rings (SSSR count). The van der Waals surface area contributed by atoms with Crippen LogP contribution >= 0.6 is 0 Å². The van der Waals surface area contributed by atoms with Gasteiger partial charge < -0.3 is 9.64 Å². The highest BCUT2D eigenvalue weighted by molar-refractivity contribution is 6.05. The standard InChI is InChI=1S/C10H17N3O2/c1-6(2)13-8(7-3-4-15-5-7)9(11)12-10(13)14/h6-8H,3-5H2,1-2H3,(H2,11,12,14). The molecule has 2 atom stereocenters. The second kappa shape index (κ2) is 3.81. The highest BCUT2D eigenvalue weighted by Gasteiger charge is 2.43. The highest BCUT2D eigenvalue weighted by Crippen LogP contribution is 2.26. The van der Waals surface area contributed by atoms with Crippen LogP contribution in [0.25, 0.3) is 0 Å². The van der Waals surface area contributed by atoms with Crippen LogP contribution < -0.4 is 5.32 Å². The van der Waals surface area contributed by atoms with Gasteiger partial charge in [-0.1, -0.05) is 0 Å². The van der Waals surface area contributed by atoms with Gasteiger partial charge in [-0.2, -0.15) is 0 Å². The first-order valence-corrected chi connectivity index (χ1v) is 5.36. The molecule has 0 radical (unpaired) electrons. The monoisotopic (exact) mass is 211 g/mol. The zero-order chi connectivity index (χ0) is 11.0. The number of carbonyl (C=O) groups excluding carboxylic acids is 1. The van der Waals surface area contributed by atoms with E-state index in [0.717, 1.165) is 13.0 Å². The summed E-state index contributed by atoms with van der Waals surface area (Å²) in [6.07, 6.45) is 0.936. The van der Waals surface area contributed by atoms with Gasteiger partial charge in [-0.25, -0.2) is 4.79 Å². The van der Waals surface area contributed by atoms with Crippen LogP contribution in [0, 0.1) is 11.3 Å². The second-order valence-electron chi connectivity index (χ2n) is 4.41. The minimum Gasteiger partial charge on any atom is -0.381 e. The second-order valence-corrected chi connectivity index (χ2v) is 4.41. The van der Waals surface area contributed by atoms with E-state index in [-0.39, 0.29) is 24.0 Å². The third-order valence-corrected chi connectivity index (χ3v) is 3.04. The SMILES string of the molecule is CC(C)N1C(=O)NC(=N)C1C1CCOC1. The average Bonchev–Trinajstić information content (AvgIpc) is 2.71. The lowest BCUT2D eigenvalue weighted by atomic mass is 9.97. The number of rotatable bonds is 2. The molecule has 2 amide bonds. The van der Waals surface area contributed by atoms with Crippen LogP contribution in [0.3, 0.4) is 0 Å². The Balaban J connectivity index is 2.18. The highest BCUT2D eigenvalue weighted by atomic mass is 16.5. The number of nitrogens with zero attached hydrogens (tertiary/aromatic N) is 1. The number of amidine groups is 1. The number of nitrogens with one attached hydrogen (secondary N) is 2. The van der Waals surface area contributed by atoms with Crippen LogP contribution in [0.5, 0.6) is 0 Å². The van der Waals surface area contributed by atoms with Gasteiger partial charge in [0.25, 0.3) is 0 Å². The molecule has 15 heavy (non-hydrogen) atoms. The maximum absolute atomic E-state index is 11.6. The predicted molar refractivity (Wildman–Crippen MR) is 55.9 cm³/mol. The quantitative estimate of drug-likeness (QED) is 0.709. The lowest BCUT2D eigenvalue weighted by molar-refractivity contribution is 0.149. The normalized spacial score (nSPS) is 31.5. The largest absolute Gasteiger partial charge is 0.381 e. The van der Waals surface area contributed by atoms with E-state index in [2.05, 4.69) is 5.32 Å². The van der Waals surface area contributed by atoms with Crippen molar-refractivity contribution in [2.75, 3.05) is 13.2 Å². The fourth-order valence-electron chi connectivity index (χ4n) is 2.34. The summed E-state index contributed by atoms with van der Waals surface area (Å²) < 4.78 is 5.32. The summed E-state index contributed by atoms with van der Waals surface area (Å²) in [7, 11) is 0.